The lowest BCUT2D eigenvalue weighted by atomic mass is 10.2. The van der Waals surface area contributed by atoms with Gasteiger partial charge in [0.05, 0.1) is 7.05 Å². The van der Waals surface area contributed by atoms with Crippen molar-refractivity contribution in [2.24, 2.45) is 0 Å². The minimum atomic E-state index is 0.0300. The lowest BCUT2D eigenvalue weighted by molar-refractivity contribution is -0.895. The zero-order valence-electron chi connectivity index (χ0n) is 14.4. The van der Waals surface area contributed by atoms with Crippen molar-refractivity contribution in [3.05, 3.63) is 33.8 Å². The number of aromatic nitrogens is 2. The second kappa shape index (κ2) is 8.36. The Morgan fingerprint density at radius 1 is 1.46 bits per heavy atom. The predicted octanol–water partition coefficient (Wildman–Crippen LogP) is 1.72. The number of nitrogens with zero attached hydrogens (tertiary/aromatic N) is 2. The number of amides is 1. The number of rotatable bonds is 7. The van der Waals surface area contributed by atoms with Crippen LogP contribution < -0.4 is 15.5 Å². The zero-order valence-corrected chi connectivity index (χ0v) is 16.1. The van der Waals surface area contributed by atoms with Crippen molar-refractivity contribution >= 4 is 40.3 Å². The first-order chi connectivity index (χ1) is 11.3. The molecule has 3 N–H and O–H groups in total. The summed E-state index contributed by atoms with van der Waals surface area (Å²) in [6, 6.07) is 8.25. The molecular formula is C16H24N5OS2+. The fourth-order valence-electron chi connectivity index (χ4n) is 2.26. The first-order valence-electron chi connectivity index (χ1n) is 7.86. The number of quaternary nitrogens is 1. The Bertz CT molecular complexity index is 753. The van der Waals surface area contributed by atoms with Gasteiger partial charge in [-0.3, -0.25) is 4.79 Å². The first kappa shape index (κ1) is 18.6. The van der Waals surface area contributed by atoms with E-state index in [0.29, 0.717) is 17.2 Å². The van der Waals surface area contributed by atoms with Crippen LogP contribution in [0.5, 0.6) is 0 Å². The first-order valence-corrected chi connectivity index (χ1v) is 9.08. The van der Waals surface area contributed by atoms with Crippen LogP contribution in [-0.4, -0.2) is 35.3 Å². The van der Waals surface area contributed by atoms with Crippen molar-refractivity contribution in [2.75, 3.05) is 18.9 Å². The van der Waals surface area contributed by atoms with E-state index in [2.05, 4.69) is 21.8 Å². The number of aryl methyl sites for hydroxylation is 1. The quantitative estimate of drug-likeness (QED) is 0.653. The van der Waals surface area contributed by atoms with Crippen molar-refractivity contribution in [3.8, 4) is 0 Å². The lowest BCUT2D eigenvalue weighted by Crippen LogP contribution is -3.09. The highest BCUT2D eigenvalue weighted by molar-refractivity contribution is 7.73. The molecule has 0 aliphatic carbocycles. The third-order valence-corrected chi connectivity index (χ3v) is 4.43. The van der Waals surface area contributed by atoms with Gasteiger partial charge in [0.2, 0.25) is 5.13 Å². The lowest BCUT2D eigenvalue weighted by Gasteiger charge is -2.14. The van der Waals surface area contributed by atoms with Gasteiger partial charge in [0.15, 0.2) is 17.2 Å². The van der Waals surface area contributed by atoms with Gasteiger partial charge in [0.1, 0.15) is 0 Å². The topological polar surface area (TPSA) is 63.4 Å². The molecule has 130 valence electrons. The average Bonchev–Trinajstić information content (AvgIpc) is 2.77. The molecule has 0 bridgehead atoms. The summed E-state index contributed by atoms with van der Waals surface area (Å²) in [7, 11) is 1.95. The molecule has 1 aromatic heterocycles. The molecule has 6 nitrogen and oxygen atoms in total. The van der Waals surface area contributed by atoms with Crippen LogP contribution in [-0.2, 0) is 11.5 Å². The van der Waals surface area contributed by atoms with Gasteiger partial charge in [-0.1, -0.05) is 23.5 Å². The Labute approximate surface area is 151 Å². The summed E-state index contributed by atoms with van der Waals surface area (Å²) in [6.45, 7) is 6.89. The zero-order chi connectivity index (χ0) is 17.7. The van der Waals surface area contributed by atoms with Gasteiger partial charge >= 0.3 is 0 Å². The highest BCUT2D eigenvalue weighted by atomic mass is 32.1. The molecule has 1 amide bonds. The van der Waals surface area contributed by atoms with Crippen molar-refractivity contribution < 1.29 is 9.69 Å². The third kappa shape index (κ3) is 5.70. The minimum absolute atomic E-state index is 0.0300. The highest BCUT2D eigenvalue weighted by Gasteiger charge is 2.13. The summed E-state index contributed by atoms with van der Waals surface area (Å²) >= 11 is 6.81. The summed E-state index contributed by atoms with van der Waals surface area (Å²) in [6.07, 6.45) is 0. The summed E-state index contributed by atoms with van der Waals surface area (Å²) < 4.78 is 2.45. The largest absolute Gasteiger partial charge is 0.349 e. The van der Waals surface area contributed by atoms with Gasteiger partial charge in [-0.2, -0.15) is 4.68 Å². The third-order valence-electron chi connectivity index (χ3n) is 3.21. The summed E-state index contributed by atoms with van der Waals surface area (Å²) in [4.78, 5) is 12.8. The Morgan fingerprint density at radius 2 is 2.21 bits per heavy atom. The van der Waals surface area contributed by atoms with E-state index in [1.165, 1.54) is 16.9 Å². The molecule has 0 fully saturated rings. The van der Waals surface area contributed by atoms with Crippen LogP contribution in [0.4, 0.5) is 10.8 Å². The molecule has 0 radical (unpaired) electrons. The van der Waals surface area contributed by atoms with Gasteiger partial charge in [0, 0.05) is 11.7 Å². The maximum atomic E-state index is 11.8. The standard InChI is InChI=1S/C16H23N5OS2/c1-11(2)17-14(22)9-20(4)10-21-16(23)24-15(19-21)18-13-7-5-6-12(3)8-13/h5-8,11H,9-10H2,1-4H3,(H,17,22)(H,18,19)/p+1. The number of hydrogen-bond acceptors (Lipinski definition) is 5. The van der Waals surface area contributed by atoms with Crippen LogP contribution in [0.2, 0.25) is 0 Å². The molecule has 24 heavy (non-hydrogen) atoms. The van der Waals surface area contributed by atoms with Crippen molar-refractivity contribution in [1.29, 1.82) is 0 Å². The Morgan fingerprint density at radius 3 is 2.88 bits per heavy atom. The van der Waals surface area contributed by atoms with Crippen LogP contribution in [0.25, 0.3) is 0 Å². The fourth-order valence-corrected chi connectivity index (χ4v) is 3.29. The van der Waals surface area contributed by atoms with E-state index in [1.807, 2.05) is 46.0 Å². The molecule has 1 atom stereocenters. The van der Waals surface area contributed by atoms with Gasteiger partial charge < -0.3 is 15.5 Å². The van der Waals surface area contributed by atoms with E-state index in [0.717, 1.165) is 15.7 Å². The van der Waals surface area contributed by atoms with Gasteiger partial charge in [0.25, 0.3) is 5.91 Å². The van der Waals surface area contributed by atoms with E-state index < -0.39 is 0 Å². The molecular weight excluding hydrogens is 342 g/mol. The maximum Gasteiger partial charge on any atom is 0.275 e. The molecule has 1 unspecified atom stereocenters. The number of carbonyl (C=O) groups excluding carboxylic acids is 1. The van der Waals surface area contributed by atoms with Gasteiger partial charge in [-0.05, 0) is 50.7 Å². The highest BCUT2D eigenvalue weighted by Crippen LogP contribution is 2.20. The second-order valence-electron chi connectivity index (χ2n) is 6.18. The van der Waals surface area contributed by atoms with Crippen LogP contribution in [0.3, 0.4) is 0 Å². The van der Waals surface area contributed by atoms with E-state index in [4.69, 9.17) is 12.2 Å². The molecule has 0 saturated carbocycles. The van der Waals surface area contributed by atoms with E-state index >= 15 is 0 Å². The number of nitrogens with one attached hydrogen (secondary N) is 3. The van der Waals surface area contributed by atoms with Crippen LogP contribution >= 0.6 is 23.6 Å². The molecule has 1 heterocycles. The van der Waals surface area contributed by atoms with Gasteiger partial charge in [-0.25, -0.2) is 0 Å². The summed E-state index contributed by atoms with van der Waals surface area (Å²) in [5.74, 6) is 0.0300. The maximum absolute atomic E-state index is 11.8. The van der Waals surface area contributed by atoms with Crippen molar-refractivity contribution in [2.45, 2.75) is 33.5 Å². The summed E-state index contributed by atoms with van der Waals surface area (Å²) in [5.41, 5.74) is 2.17. The fraction of sp³-hybridized carbons (Fsp3) is 0.438. The van der Waals surface area contributed by atoms with Crippen molar-refractivity contribution in [1.82, 2.24) is 15.1 Å². The smallest absolute Gasteiger partial charge is 0.275 e. The van der Waals surface area contributed by atoms with Gasteiger partial charge in [-0.15, -0.1) is 5.10 Å². The predicted molar refractivity (Wildman–Crippen MR) is 100 cm³/mol. The minimum Gasteiger partial charge on any atom is -0.349 e. The molecule has 1 aromatic carbocycles. The molecule has 8 heteroatoms. The molecule has 2 aromatic rings. The second-order valence-corrected chi connectivity index (χ2v) is 7.80. The number of benzene rings is 1. The number of likely N-dealkylation sites (N-methyl/N-ethyl adjacent to an activating group) is 1. The molecule has 0 saturated heterocycles. The SMILES string of the molecule is Cc1cccc(Nc2nn(C[NH+](C)CC(=O)NC(C)C)c(=S)s2)c1. The van der Waals surface area contributed by atoms with Crippen LogP contribution in [0.1, 0.15) is 19.4 Å². The number of anilines is 2. The van der Waals surface area contributed by atoms with E-state index in [-0.39, 0.29) is 11.9 Å². The average molecular weight is 367 g/mol. The van der Waals surface area contributed by atoms with E-state index in [9.17, 15) is 4.79 Å². The Kier molecular flexibility index (Phi) is 6.47. The number of carbonyl (C=O) groups is 1. The van der Waals surface area contributed by atoms with Crippen LogP contribution in [0.15, 0.2) is 24.3 Å². The Balaban J connectivity index is 1.98. The molecule has 0 spiro atoms. The Hall–Kier alpha value is -1.77. The monoisotopic (exact) mass is 366 g/mol. The summed E-state index contributed by atoms with van der Waals surface area (Å²) in [5, 5.41) is 11.4. The van der Waals surface area contributed by atoms with E-state index in [1.54, 1.807) is 4.68 Å². The molecule has 0 aliphatic heterocycles. The van der Waals surface area contributed by atoms with Crippen molar-refractivity contribution in [3.63, 3.8) is 0 Å². The number of hydrogen-bond donors (Lipinski definition) is 3. The molecule has 0 aliphatic rings. The van der Waals surface area contributed by atoms with Crippen LogP contribution in [0, 0.1) is 10.9 Å². The normalized spacial score (nSPS) is 12.2. The molecule has 2 rings (SSSR count).